The summed E-state index contributed by atoms with van der Waals surface area (Å²) in [7, 11) is 1.61. The molecule has 0 atom stereocenters. The van der Waals surface area contributed by atoms with Gasteiger partial charge in [-0.1, -0.05) is 12.1 Å². The van der Waals surface area contributed by atoms with Gasteiger partial charge in [0.1, 0.15) is 23.9 Å². The van der Waals surface area contributed by atoms with Gasteiger partial charge < -0.3 is 9.47 Å². The highest BCUT2D eigenvalue weighted by Crippen LogP contribution is 2.34. The average Bonchev–Trinajstić information content (AvgIpc) is 2.59. The van der Waals surface area contributed by atoms with Crippen LogP contribution >= 0.6 is 0 Å². The molecule has 1 radical (unpaired) electrons. The molecular formula is C22H29FNO2. The molecule has 141 valence electrons. The van der Waals surface area contributed by atoms with Crippen LogP contribution in [-0.2, 0) is 0 Å². The molecule has 4 heteroatoms. The SMILES string of the molecule is [CH2]c1c(OC)cc(OCCN(C(C)C)C(C)C)cc1-c1ccc(F)cc1. The van der Waals surface area contributed by atoms with E-state index in [9.17, 15) is 4.39 Å². The summed E-state index contributed by atoms with van der Waals surface area (Å²) in [6.45, 7) is 14.3. The van der Waals surface area contributed by atoms with Crippen molar-refractivity contribution in [3.05, 3.63) is 54.7 Å². The Morgan fingerprint density at radius 3 is 2.19 bits per heavy atom. The topological polar surface area (TPSA) is 21.7 Å². The zero-order chi connectivity index (χ0) is 19.3. The van der Waals surface area contributed by atoms with Crippen LogP contribution in [-0.4, -0.2) is 37.2 Å². The van der Waals surface area contributed by atoms with Crippen LogP contribution in [0.4, 0.5) is 4.39 Å². The Morgan fingerprint density at radius 2 is 1.65 bits per heavy atom. The van der Waals surface area contributed by atoms with Gasteiger partial charge in [0, 0.05) is 30.3 Å². The van der Waals surface area contributed by atoms with Gasteiger partial charge in [-0.2, -0.15) is 0 Å². The van der Waals surface area contributed by atoms with E-state index in [-0.39, 0.29) is 5.82 Å². The first-order chi connectivity index (χ1) is 12.3. The van der Waals surface area contributed by atoms with Crippen LogP contribution in [0.3, 0.4) is 0 Å². The van der Waals surface area contributed by atoms with Crippen LogP contribution in [0.25, 0.3) is 11.1 Å². The first kappa shape index (κ1) is 20.2. The van der Waals surface area contributed by atoms with E-state index in [0.29, 0.717) is 24.4 Å². The predicted molar refractivity (Wildman–Crippen MR) is 105 cm³/mol. The fraction of sp³-hybridized carbons (Fsp3) is 0.409. The van der Waals surface area contributed by atoms with Gasteiger partial charge in [0.15, 0.2) is 0 Å². The Labute approximate surface area is 156 Å². The van der Waals surface area contributed by atoms with Gasteiger partial charge in [-0.05, 0) is 63.9 Å². The predicted octanol–water partition coefficient (Wildman–Crippen LogP) is 5.18. The lowest BCUT2D eigenvalue weighted by Crippen LogP contribution is -2.39. The number of hydrogen-bond donors (Lipinski definition) is 0. The first-order valence-corrected chi connectivity index (χ1v) is 9.02. The van der Waals surface area contributed by atoms with E-state index in [0.717, 1.165) is 29.0 Å². The maximum absolute atomic E-state index is 13.2. The van der Waals surface area contributed by atoms with Gasteiger partial charge >= 0.3 is 0 Å². The average molecular weight is 358 g/mol. The summed E-state index contributed by atoms with van der Waals surface area (Å²) in [5, 5.41) is 0. The molecule has 0 aromatic heterocycles. The van der Waals surface area contributed by atoms with Crippen LogP contribution in [0, 0.1) is 12.7 Å². The molecule has 0 aliphatic carbocycles. The van der Waals surface area contributed by atoms with E-state index < -0.39 is 0 Å². The number of halogens is 1. The van der Waals surface area contributed by atoms with E-state index in [1.54, 1.807) is 19.2 Å². The smallest absolute Gasteiger partial charge is 0.126 e. The van der Waals surface area contributed by atoms with Crippen LogP contribution < -0.4 is 9.47 Å². The van der Waals surface area contributed by atoms with Gasteiger partial charge in [-0.3, -0.25) is 4.90 Å². The number of rotatable bonds is 8. The zero-order valence-electron chi connectivity index (χ0n) is 16.4. The largest absolute Gasteiger partial charge is 0.496 e. The van der Waals surface area contributed by atoms with Crippen LogP contribution in [0.5, 0.6) is 11.5 Å². The first-order valence-electron chi connectivity index (χ1n) is 9.02. The molecule has 2 rings (SSSR count). The number of benzene rings is 2. The molecule has 3 nitrogen and oxygen atoms in total. The summed E-state index contributed by atoms with van der Waals surface area (Å²) in [5.41, 5.74) is 2.52. The van der Waals surface area contributed by atoms with Crippen LogP contribution in [0.1, 0.15) is 33.3 Å². The maximum atomic E-state index is 13.2. The summed E-state index contributed by atoms with van der Waals surface area (Å²) >= 11 is 0. The summed E-state index contributed by atoms with van der Waals surface area (Å²) in [6, 6.07) is 11.1. The molecule has 0 N–H and O–H groups in total. The van der Waals surface area contributed by atoms with E-state index >= 15 is 0 Å². The lowest BCUT2D eigenvalue weighted by molar-refractivity contribution is 0.142. The van der Waals surface area contributed by atoms with Crippen molar-refractivity contribution in [1.82, 2.24) is 4.90 Å². The molecule has 26 heavy (non-hydrogen) atoms. The molecule has 0 aliphatic heterocycles. The van der Waals surface area contributed by atoms with Gasteiger partial charge in [0.25, 0.3) is 0 Å². The van der Waals surface area contributed by atoms with Gasteiger partial charge in [-0.25, -0.2) is 4.39 Å². The number of nitrogens with zero attached hydrogens (tertiary/aromatic N) is 1. The molecule has 0 bridgehead atoms. The van der Waals surface area contributed by atoms with Crippen LogP contribution in [0.15, 0.2) is 36.4 Å². The van der Waals surface area contributed by atoms with Gasteiger partial charge in [0.2, 0.25) is 0 Å². The Balaban J connectivity index is 2.21. The fourth-order valence-electron chi connectivity index (χ4n) is 3.15. The van der Waals surface area contributed by atoms with Crippen molar-refractivity contribution in [3.8, 4) is 22.6 Å². The second kappa shape index (κ2) is 9.04. The van der Waals surface area contributed by atoms with Crippen molar-refractivity contribution in [1.29, 1.82) is 0 Å². The molecule has 0 spiro atoms. The lowest BCUT2D eigenvalue weighted by atomic mass is 9.99. The molecular weight excluding hydrogens is 329 g/mol. The Bertz CT molecular complexity index is 703. The Kier molecular flexibility index (Phi) is 7.04. The molecule has 0 amide bonds. The quantitative estimate of drug-likeness (QED) is 0.649. The number of hydrogen-bond acceptors (Lipinski definition) is 3. The van der Waals surface area contributed by atoms with E-state index in [1.807, 2.05) is 12.1 Å². The van der Waals surface area contributed by atoms with Crippen molar-refractivity contribution in [2.24, 2.45) is 0 Å². The van der Waals surface area contributed by atoms with Crippen molar-refractivity contribution in [2.45, 2.75) is 39.8 Å². The minimum absolute atomic E-state index is 0.263. The Hall–Kier alpha value is -2.07. The summed E-state index contributed by atoms with van der Waals surface area (Å²) < 4.78 is 24.7. The standard InChI is InChI=1S/C22H29FNO2/c1-15(2)24(16(3)4)11-12-26-20-13-21(17(5)22(14-20)25-6)18-7-9-19(23)10-8-18/h7-10,13-16H,5,11-12H2,1-4,6H3. The van der Waals surface area contributed by atoms with Crippen LogP contribution in [0.2, 0.25) is 0 Å². The van der Waals surface area contributed by atoms with Crippen molar-refractivity contribution in [3.63, 3.8) is 0 Å². The highest BCUT2D eigenvalue weighted by molar-refractivity contribution is 5.73. The monoisotopic (exact) mass is 358 g/mol. The van der Waals surface area contributed by atoms with E-state index in [2.05, 4.69) is 39.5 Å². The molecule has 0 saturated carbocycles. The minimum Gasteiger partial charge on any atom is -0.496 e. The number of ether oxygens (including phenoxy) is 2. The van der Waals surface area contributed by atoms with E-state index in [4.69, 9.17) is 9.47 Å². The Morgan fingerprint density at radius 1 is 1.04 bits per heavy atom. The molecule has 2 aromatic carbocycles. The minimum atomic E-state index is -0.263. The third kappa shape index (κ3) is 4.98. The van der Waals surface area contributed by atoms with Crippen molar-refractivity contribution in [2.75, 3.05) is 20.3 Å². The highest BCUT2D eigenvalue weighted by atomic mass is 19.1. The molecule has 0 aliphatic rings. The number of methoxy groups -OCH3 is 1. The second-order valence-corrected chi connectivity index (χ2v) is 6.93. The lowest BCUT2D eigenvalue weighted by Gasteiger charge is -2.30. The normalized spacial score (nSPS) is 11.5. The summed E-state index contributed by atoms with van der Waals surface area (Å²) in [4.78, 5) is 2.38. The molecule has 0 fully saturated rings. The molecule has 0 unspecified atom stereocenters. The molecule has 2 aromatic rings. The van der Waals surface area contributed by atoms with E-state index in [1.165, 1.54) is 12.1 Å². The van der Waals surface area contributed by atoms with Gasteiger partial charge in [-0.15, -0.1) is 0 Å². The van der Waals surface area contributed by atoms with Gasteiger partial charge in [0.05, 0.1) is 7.11 Å². The summed E-state index contributed by atoms with van der Waals surface area (Å²) in [5.74, 6) is 1.12. The second-order valence-electron chi connectivity index (χ2n) is 6.93. The highest BCUT2D eigenvalue weighted by Gasteiger charge is 2.14. The van der Waals surface area contributed by atoms with Crippen molar-refractivity contribution < 1.29 is 13.9 Å². The third-order valence-corrected chi connectivity index (χ3v) is 4.50. The molecule has 0 saturated heterocycles. The van der Waals surface area contributed by atoms with Crippen molar-refractivity contribution >= 4 is 0 Å². The third-order valence-electron chi connectivity index (χ3n) is 4.50. The molecule has 0 heterocycles. The maximum Gasteiger partial charge on any atom is 0.126 e. The fourth-order valence-corrected chi connectivity index (χ4v) is 3.15. The zero-order valence-corrected chi connectivity index (χ0v) is 16.4. The summed E-state index contributed by atoms with van der Waals surface area (Å²) in [6.07, 6.45) is 0.